The van der Waals surface area contributed by atoms with Crippen molar-refractivity contribution in [1.82, 2.24) is 4.90 Å². The molecule has 0 radical (unpaired) electrons. The smallest absolute Gasteiger partial charge is 0.282 e. The zero-order chi connectivity index (χ0) is 22.3. The van der Waals surface area contributed by atoms with Gasteiger partial charge in [-0.2, -0.15) is 0 Å². The van der Waals surface area contributed by atoms with Crippen molar-refractivity contribution in [2.45, 2.75) is 51.5 Å². The number of nitrogens with zero attached hydrogens (tertiary/aromatic N) is 1. The van der Waals surface area contributed by atoms with Crippen LogP contribution in [0.3, 0.4) is 0 Å². The van der Waals surface area contributed by atoms with Gasteiger partial charge in [0.15, 0.2) is 6.04 Å². The molecule has 0 unspecified atom stereocenters. The lowest BCUT2D eigenvalue weighted by Crippen LogP contribution is -3.17. The fraction of sp³-hybridized carbons (Fsp3) is 0.481. The highest BCUT2D eigenvalue weighted by atomic mass is 16.2. The minimum atomic E-state index is -0.145. The molecule has 1 atom stereocenters. The van der Waals surface area contributed by atoms with E-state index in [1.54, 1.807) is 0 Å². The van der Waals surface area contributed by atoms with Crippen LogP contribution in [-0.2, 0) is 9.59 Å². The molecule has 2 N–H and O–H groups in total. The molecule has 2 fully saturated rings. The number of quaternary nitrogens is 1. The summed E-state index contributed by atoms with van der Waals surface area (Å²) in [5.74, 6) is 0.520. The minimum absolute atomic E-state index is 0.0423. The summed E-state index contributed by atoms with van der Waals surface area (Å²) < 4.78 is 0. The molecular weight excluding hydrogens is 398 g/mol. The molecule has 0 aromatic heterocycles. The highest BCUT2D eigenvalue weighted by Gasteiger charge is 2.34. The maximum atomic E-state index is 13.1. The van der Waals surface area contributed by atoms with Crippen LogP contribution in [0.1, 0.15) is 45.4 Å². The Balaban J connectivity index is 1.33. The number of hydrogen-bond donors (Lipinski definition) is 2. The number of piperidine rings is 1. The number of hydrogen-bond acceptors (Lipinski definition) is 2. The molecular formula is C27H36N3O2+. The first-order valence-electron chi connectivity index (χ1n) is 12.2. The molecule has 2 aliphatic heterocycles. The van der Waals surface area contributed by atoms with Gasteiger partial charge in [0.2, 0.25) is 5.91 Å². The van der Waals surface area contributed by atoms with Gasteiger partial charge in [-0.1, -0.05) is 61.4 Å². The van der Waals surface area contributed by atoms with E-state index in [0.29, 0.717) is 5.91 Å². The third-order valence-electron chi connectivity index (χ3n) is 7.17. The maximum absolute atomic E-state index is 13.1. The average Bonchev–Trinajstić information content (AvgIpc) is 3.14. The van der Waals surface area contributed by atoms with Crippen LogP contribution in [0.15, 0.2) is 54.6 Å². The molecule has 0 spiro atoms. The summed E-state index contributed by atoms with van der Waals surface area (Å²) in [7, 11) is 0. The second-order valence-corrected chi connectivity index (χ2v) is 9.29. The molecule has 0 aliphatic carbocycles. The first-order chi connectivity index (χ1) is 15.6. The Morgan fingerprint density at radius 1 is 0.906 bits per heavy atom. The summed E-state index contributed by atoms with van der Waals surface area (Å²) in [6, 6.07) is 18.0. The molecule has 2 aromatic rings. The Hall–Kier alpha value is -2.66. The summed E-state index contributed by atoms with van der Waals surface area (Å²) >= 11 is 0. The van der Waals surface area contributed by atoms with E-state index in [1.807, 2.05) is 49.4 Å². The Kier molecular flexibility index (Phi) is 7.59. The lowest BCUT2D eigenvalue weighted by molar-refractivity contribution is -0.919. The Morgan fingerprint density at radius 2 is 1.53 bits per heavy atom. The van der Waals surface area contributed by atoms with Gasteiger partial charge in [-0.3, -0.25) is 9.59 Å². The van der Waals surface area contributed by atoms with Crippen molar-refractivity contribution in [3.63, 3.8) is 0 Å². The van der Waals surface area contributed by atoms with Crippen LogP contribution in [0.5, 0.6) is 0 Å². The highest BCUT2D eigenvalue weighted by Crippen LogP contribution is 2.27. The molecule has 4 rings (SSSR count). The van der Waals surface area contributed by atoms with Crippen LogP contribution in [0.4, 0.5) is 5.69 Å². The number of para-hydroxylation sites is 1. The largest absolute Gasteiger partial charge is 0.342 e. The Labute approximate surface area is 191 Å². The first kappa shape index (κ1) is 22.5. The van der Waals surface area contributed by atoms with Gasteiger partial charge in [-0.25, -0.2) is 0 Å². The standard InChI is InChI=1S/C27H35N3O2/c1-21(26(31)28-25-14-8-7-13-24(25)22-11-5-4-6-12-22)29-19-15-23(16-20-29)27(32)30-17-9-2-3-10-18-30/h4-8,11-14,21,23H,2-3,9-10,15-20H2,1H3,(H,28,31)/p+1/t21-/m0/s1. The molecule has 2 aliphatic rings. The first-order valence-corrected chi connectivity index (χ1v) is 12.2. The van der Waals surface area contributed by atoms with Crippen molar-refractivity contribution in [3.05, 3.63) is 54.6 Å². The van der Waals surface area contributed by atoms with Gasteiger partial charge in [0.1, 0.15) is 0 Å². The number of benzene rings is 2. The summed E-state index contributed by atoms with van der Waals surface area (Å²) in [6.07, 6.45) is 6.51. The van der Waals surface area contributed by atoms with E-state index in [2.05, 4.69) is 22.3 Å². The second kappa shape index (κ2) is 10.8. The van der Waals surface area contributed by atoms with Gasteiger partial charge < -0.3 is 15.1 Å². The Bertz CT molecular complexity index is 898. The van der Waals surface area contributed by atoms with Crippen LogP contribution < -0.4 is 10.2 Å². The van der Waals surface area contributed by atoms with Gasteiger partial charge in [-0.05, 0) is 31.4 Å². The van der Waals surface area contributed by atoms with Gasteiger partial charge in [-0.15, -0.1) is 0 Å². The van der Waals surface area contributed by atoms with Gasteiger partial charge in [0.05, 0.1) is 13.1 Å². The fourth-order valence-corrected chi connectivity index (χ4v) is 5.11. The van der Waals surface area contributed by atoms with E-state index in [4.69, 9.17) is 0 Å². The van der Waals surface area contributed by atoms with E-state index >= 15 is 0 Å². The van der Waals surface area contributed by atoms with E-state index in [9.17, 15) is 9.59 Å². The van der Waals surface area contributed by atoms with Crippen molar-refractivity contribution in [2.75, 3.05) is 31.5 Å². The molecule has 32 heavy (non-hydrogen) atoms. The fourth-order valence-electron chi connectivity index (χ4n) is 5.11. The quantitative estimate of drug-likeness (QED) is 0.758. The van der Waals surface area contributed by atoms with Crippen LogP contribution in [0, 0.1) is 5.92 Å². The van der Waals surface area contributed by atoms with Gasteiger partial charge >= 0.3 is 0 Å². The lowest BCUT2D eigenvalue weighted by atomic mass is 9.94. The van der Waals surface area contributed by atoms with Crippen LogP contribution in [0.25, 0.3) is 11.1 Å². The van der Waals surface area contributed by atoms with E-state index in [1.165, 1.54) is 17.7 Å². The topological polar surface area (TPSA) is 53.9 Å². The van der Waals surface area contributed by atoms with Gasteiger partial charge in [0, 0.05) is 43.1 Å². The number of nitrogens with one attached hydrogen (secondary N) is 2. The third kappa shape index (κ3) is 5.39. The molecule has 170 valence electrons. The Morgan fingerprint density at radius 3 is 2.22 bits per heavy atom. The molecule has 2 aromatic carbocycles. The molecule has 5 nitrogen and oxygen atoms in total. The molecule has 2 saturated heterocycles. The van der Waals surface area contributed by atoms with Crippen LogP contribution in [0.2, 0.25) is 0 Å². The number of likely N-dealkylation sites (tertiary alicyclic amines) is 2. The number of carbonyl (C=O) groups is 2. The highest BCUT2D eigenvalue weighted by molar-refractivity contribution is 5.97. The van der Waals surface area contributed by atoms with Crippen molar-refractivity contribution >= 4 is 17.5 Å². The summed E-state index contributed by atoms with van der Waals surface area (Å²) in [4.78, 5) is 29.4. The van der Waals surface area contributed by atoms with E-state index in [-0.39, 0.29) is 17.9 Å². The summed E-state index contributed by atoms with van der Waals surface area (Å²) in [6.45, 7) is 5.60. The normalized spacial score (nSPS) is 22.6. The predicted molar refractivity (Wildman–Crippen MR) is 128 cm³/mol. The van der Waals surface area contributed by atoms with Gasteiger partial charge in [0.25, 0.3) is 5.91 Å². The minimum Gasteiger partial charge on any atom is -0.342 e. The molecule has 0 bridgehead atoms. The zero-order valence-corrected chi connectivity index (χ0v) is 19.2. The summed E-state index contributed by atoms with van der Waals surface area (Å²) in [5.41, 5.74) is 2.97. The SMILES string of the molecule is C[C@@H](C(=O)Nc1ccccc1-c1ccccc1)[NH+]1CCC(C(=O)N2CCCCCC2)CC1. The lowest BCUT2D eigenvalue weighted by Gasteiger charge is -2.34. The molecule has 5 heteroatoms. The van der Waals surface area contributed by atoms with Crippen LogP contribution >= 0.6 is 0 Å². The number of rotatable bonds is 5. The average molecular weight is 435 g/mol. The molecule has 2 heterocycles. The number of anilines is 1. The van der Waals surface area contributed by atoms with E-state index in [0.717, 1.165) is 68.7 Å². The second-order valence-electron chi connectivity index (χ2n) is 9.29. The summed E-state index contributed by atoms with van der Waals surface area (Å²) in [5, 5.41) is 3.16. The monoisotopic (exact) mass is 434 g/mol. The van der Waals surface area contributed by atoms with Crippen molar-refractivity contribution in [1.29, 1.82) is 0 Å². The number of carbonyl (C=O) groups excluding carboxylic acids is 2. The van der Waals surface area contributed by atoms with Crippen LogP contribution in [-0.4, -0.2) is 48.9 Å². The van der Waals surface area contributed by atoms with Crippen molar-refractivity contribution < 1.29 is 14.5 Å². The third-order valence-corrected chi connectivity index (χ3v) is 7.17. The molecule has 0 saturated carbocycles. The van der Waals surface area contributed by atoms with Crippen molar-refractivity contribution in [3.8, 4) is 11.1 Å². The van der Waals surface area contributed by atoms with E-state index < -0.39 is 0 Å². The molecule has 2 amide bonds. The zero-order valence-electron chi connectivity index (χ0n) is 19.2. The predicted octanol–water partition coefficient (Wildman–Crippen LogP) is 3.38. The number of amides is 2. The maximum Gasteiger partial charge on any atom is 0.282 e. The van der Waals surface area contributed by atoms with Crippen molar-refractivity contribution in [2.24, 2.45) is 5.92 Å².